The van der Waals surface area contributed by atoms with E-state index in [4.69, 9.17) is 9.47 Å². The first-order chi connectivity index (χ1) is 9.99. The highest BCUT2D eigenvalue weighted by Crippen LogP contribution is 2.42. The van der Waals surface area contributed by atoms with E-state index in [-0.39, 0.29) is 12.1 Å². The lowest BCUT2D eigenvalue weighted by Gasteiger charge is -2.31. The van der Waals surface area contributed by atoms with Crippen LogP contribution in [-0.2, 0) is 4.74 Å². The molecule has 1 fully saturated rings. The highest BCUT2D eigenvalue weighted by molar-refractivity contribution is 9.10. The third kappa shape index (κ3) is 3.43. The molecule has 1 N–H and O–H groups in total. The normalized spacial score (nSPS) is 30.4. The monoisotopic (exact) mass is 355 g/mol. The Labute approximate surface area is 136 Å². The maximum Gasteiger partial charge on any atom is 0.120 e. The van der Waals surface area contributed by atoms with Gasteiger partial charge in [-0.3, -0.25) is 0 Å². The van der Waals surface area contributed by atoms with Gasteiger partial charge in [-0.15, -0.1) is 0 Å². The quantitative estimate of drug-likeness (QED) is 0.859. The number of rotatable bonds is 5. The van der Waals surface area contributed by atoms with Gasteiger partial charge in [-0.05, 0) is 44.0 Å². The summed E-state index contributed by atoms with van der Waals surface area (Å²) in [5.74, 6) is 1.86. The van der Waals surface area contributed by atoms with Gasteiger partial charge in [0.05, 0.1) is 19.3 Å². The molecule has 0 amide bonds. The summed E-state index contributed by atoms with van der Waals surface area (Å²) in [7, 11) is 1.69. The Morgan fingerprint density at radius 2 is 2.00 bits per heavy atom. The number of methoxy groups -OCH3 is 1. The van der Waals surface area contributed by atoms with Crippen LogP contribution in [0.3, 0.4) is 0 Å². The number of benzene rings is 1. The van der Waals surface area contributed by atoms with Crippen molar-refractivity contribution in [2.75, 3.05) is 13.7 Å². The first kappa shape index (κ1) is 16.8. The van der Waals surface area contributed by atoms with Gasteiger partial charge in [0.1, 0.15) is 5.75 Å². The molecule has 4 heteroatoms. The van der Waals surface area contributed by atoms with Crippen molar-refractivity contribution in [2.24, 2.45) is 11.8 Å². The Hall–Kier alpha value is -0.580. The third-order valence-electron chi connectivity index (χ3n) is 4.67. The summed E-state index contributed by atoms with van der Waals surface area (Å²) in [6.45, 7) is 9.74. The van der Waals surface area contributed by atoms with Gasteiger partial charge in [-0.2, -0.15) is 0 Å². The first-order valence-corrected chi connectivity index (χ1v) is 8.51. The van der Waals surface area contributed by atoms with Crippen molar-refractivity contribution in [3.05, 3.63) is 28.2 Å². The van der Waals surface area contributed by atoms with E-state index in [0.717, 1.165) is 16.8 Å². The van der Waals surface area contributed by atoms with Crippen LogP contribution in [0.2, 0.25) is 0 Å². The van der Waals surface area contributed by atoms with Gasteiger partial charge < -0.3 is 14.8 Å². The Kier molecular flexibility index (Phi) is 5.69. The van der Waals surface area contributed by atoms with Gasteiger partial charge >= 0.3 is 0 Å². The molecule has 0 saturated carbocycles. The number of hydrogen-bond acceptors (Lipinski definition) is 3. The molecule has 1 aliphatic heterocycles. The minimum atomic E-state index is 0.257. The van der Waals surface area contributed by atoms with Crippen molar-refractivity contribution in [1.82, 2.24) is 5.32 Å². The van der Waals surface area contributed by atoms with Crippen molar-refractivity contribution in [2.45, 2.75) is 45.9 Å². The summed E-state index contributed by atoms with van der Waals surface area (Å²) in [6.07, 6.45) is 0.566. The molecule has 1 aliphatic rings. The standard InChI is InChI=1S/C17H26BrNO2/c1-6-19-17(16-10(2)11(3)21-12(16)4)14-8-7-13(20-5)9-15(14)18/h7-12,16-17,19H,6H2,1-5H3. The summed E-state index contributed by atoms with van der Waals surface area (Å²) in [4.78, 5) is 0. The molecule has 5 atom stereocenters. The molecular formula is C17H26BrNO2. The molecule has 0 spiro atoms. The third-order valence-corrected chi connectivity index (χ3v) is 5.36. The van der Waals surface area contributed by atoms with E-state index < -0.39 is 0 Å². The Bertz CT molecular complexity index is 480. The highest BCUT2D eigenvalue weighted by Gasteiger charge is 2.42. The topological polar surface area (TPSA) is 30.5 Å². The fraction of sp³-hybridized carbons (Fsp3) is 0.647. The molecule has 1 aromatic rings. The first-order valence-electron chi connectivity index (χ1n) is 7.71. The summed E-state index contributed by atoms with van der Waals surface area (Å²) < 4.78 is 12.4. The van der Waals surface area contributed by atoms with Crippen molar-refractivity contribution in [3.8, 4) is 5.75 Å². The predicted molar refractivity (Wildman–Crippen MR) is 89.8 cm³/mol. The molecule has 3 nitrogen and oxygen atoms in total. The number of halogens is 1. The summed E-state index contributed by atoms with van der Waals surface area (Å²) >= 11 is 3.70. The maximum absolute atomic E-state index is 6.04. The fourth-order valence-corrected chi connectivity index (χ4v) is 4.03. The minimum Gasteiger partial charge on any atom is -0.497 e. The maximum atomic E-state index is 6.04. The second-order valence-corrected chi connectivity index (χ2v) is 6.76. The van der Waals surface area contributed by atoms with Crippen molar-refractivity contribution in [3.63, 3.8) is 0 Å². The highest BCUT2D eigenvalue weighted by atomic mass is 79.9. The molecule has 0 radical (unpaired) electrons. The zero-order valence-corrected chi connectivity index (χ0v) is 15.1. The molecule has 0 aromatic heterocycles. The van der Waals surface area contributed by atoms with Crippen LogP contribution in [0.5, 0.6) is 5.75 Å². The van der Waals surface area contributed by atoms with Crippen LogP contribution >= 0.6 is 15.9 Å². The van der Waals surface area contributed by atoms with Crippen molar-refractivity contribution < 1.29 is 9.47 Å². The number of nitrogens with one attached hydrogen (secondary N) is 1. The van der Waals surface area contributed by atoms with Crippen molar-refractivity contribution >= 4 is 15.9 Å². The Morgan fingerprint density at radius 3 is 2.48 bits per heavy atom. The van der Waals surface area contributed by atoms with E-state index >= 15 is 0 Å². The predicted octanol–water partition coefficient (Wildman–Crippen LogP) is 4.17. The molecule has 2 rings (SSSR count). The number of hydrogen-bond donors (Lipinski definition) is 1. The van der Waals surface area contributed by atoms with Crippen molar-refractivity contribution in [1.29, 1.82) is 0 Å². The van der Waals surface area contributed by atoms with E-state index in [1.54, 1.807) is 7.11 Å². The average Bonchev–Trinajstić information content (AvgIpc) is 2.70. The Morgan fingerprint density at radius 1 is 1.29 bits per heavy atom. The SMILES string of the molecule is CCNC(c1ccc(OC)cc1Br)C1C(C)OC(C)C1C. The molecule has 1 heterocycles. The van der Waals surface area contributed by atoms with Gasteiger partial charge in [0.15, 0.2) is 0 Å². The van der Waals surface area contributed by atoms with Crippen LogP contribution < -0.4 is 10.1 Å². The van der Waals surface area contributed by atoms with Crippen LogP contribution in [-0.4, -0.2) is 25.9 Å². The van der Waals surface area contributed by atoms with Gasteiger partial charge in [0.2, 0.25) is 0 Å². The number of ether oxygens (including phenoxy) is 2. The van der Waals surface area contributed by atoms with Crippen LogP contribution in [0.15, 0.2) is 22.7 Å². The molecule has 0 bridgehead atoms. The zero-order valence-electron chi connectivity index (χ0n) is 13.5. The minimum absolute atomic E-state index is 0.257. The van der Waals surface area contributed by atoms with E-state index in [0.29, 0.717) is 17.9 Å². The van der Waals surface area contributed by atoms with E-state index in [2.05, 4.69) is 55.0 Å². The van der Waals surface area contributed by atoms with E-state index in [9.17, 15) is 0 Å². The largest absolute Gasteiger partial charge is 0.497 e. The van der Waals surface area contributed by atoms with Gasteiger partial charge in [0.25, 0.3) is 0 Å². The van der Waals surface area contributed by atoms with Gasteiger partial charge in [-0.25, -0.2) is 0 Å². The molecule has 21 heavy (non-hydrogen) atoms. The lowest BCUT2D eigenvalue weighted by Crippen LogP contribution is -2.35. The molecule has 0 aliphatic carbocycles. The molecule has 1 saturated heterocycles. The van der Waals surface area contributed by atoms with E-state index in [1.165, 1.54) is 5.56 Å². The average molecular weight is 356 g/mol. The smallest absolute Gasteiger partial charge is 0.120 e. The van der Waals surface area contributed by atoms with E-state index in [1.807, 2.05) is 12.1 Å². The molecule has 5 unspecified atom stereocenters. The second kappa shape index (κ2) is 7.12. The fourth-order valence-electron chi connectivity index (χ4n) is 3.43. The van der Waals surface area contributed by atoms with Crippen LogP contribution in [0.4, 0.5) is 0 Å². The summed E-state index contributed by atoms with van der Waals surface area (Å²) in [5, 5.41) is 3.65. The van der Waals surface area contributed by atoms with Crippen LogP contribution in [0.25, 0.3) is 0 Å². The Balaban J connectivity index is 2.35. The molecule has 118 valence electrons. The lowest BCUT2D eigenvalue weighted by atomic mass is 9.80. The van der Waals surface area contributed by atoms with Crippen LogP contribution in [0, 0.1) is 11.8 Å². The van der Waals surface area contributed by atoms with Crippen LogP contribution in [0.1, 0.15) is 39.3 Å². The molecular weight excluding hydrogens is 330 g/mol. The molecule has 1 aromatic carbocycles. The summed E-state index contributed by atoms with van der Waals surface area (Å²) in [6, 6.07) is 6.50. The summed E-state index contributed by atoms with van der Waals surface area (Å²) in [5.41, 5.74) is 1.28. The van der Waals surface area contributed by atoms with Gasteiger partial charge in [0, 0.05) is 16.4 Å². The van der Waals surface area contributed by atoms with Gasteiger partial charge in [-0.1, -0.05) is 35.8 Å². The second-order valence-electron chi connectivity index (χ2n) is 5.91. The lowest BCUT2D eigenvalue weighted by molar-refractivity contribution is 0.0475. The zero-order chi connectivity index (χ0) is 15.6.